The second-order valence-corrected chi connectivity index (χ2v) is 6.12. The van der Waals surface area contributed by atoms with Gasteiger partial charge in [0.1, 0.15) is 11.6 Å². The van der Waals surface area contributed by atoms with E-state index in [0.717, 1.165) is 69.0 Å². The van der Waals surface area contributed by atoms with Gasteiger partial charge in [0.15, 0.2) is 5.82 Å². The molecule has 4 rings (SSSR count). The highest BCUT2D eigenvalue weighted by atomic mass is 16.5. The number of aromatic nitrogens is 4. The maximum absolute atomic E-state index is 5.04. The SMILES string of the molecule is Cc1nc2c(c(N3CCN(Cc4noc(C)n4)CC3)n1)CNC2. The molecule has 1 N–H and O–H groups in total. The summed E-state index contributed by atoms with van der Waals surface area (Å²) in [5.74, 6) is 3.34. The van der Waals surface area contributed by atoms with E-state index < -0.39 is 0 Å². The zero-order valence-corrected chi connectivity index (χ0v) is 13.5. The molecule has 0 atom stereocenters. The Balaban J connectivity index is 1.44. The van der Waals surface area contributed by atoms with Crippen LogP contribution in [0.5, 0.6) is 0 Å². The van der Waals surface area contributed by atoms with E-state index in [2.05, 4.69) is 30.2 Å². The molecular formula is C15H21N7O. The van der Waals surface area contributed by atoms with Crippen molar-refractivity contribution in [3.63, 3.8) is 0 Å². The fourth-order valence-corrected chi connectivity index (χ4v) is 3.26. The minimum atomic E-state index is 0.623. The fraction of sp³-hybridized carbons (Fsp3) is 0.600. The van der Waals surface area contributed by atoms with Gasteiger partial charge in [0, 0.05) is 51.8 Å². The smallest absolute Gasteiger partial charge is 0.223 e. The fourth-order valence-electron chi connectivity index (χ4n) is 3.26. The van der Waals surface area contributed by atoms with Gasteiger partial charge in [0.25, 0.3) is 0 Å². The molecule has 0 amide bonds. The molecule has 23 heavy (non-hydrogen) atoms. The molecule has 8 nitrogen and oxygen atoms in total. The largest absolute Gasteiger partial charge is 0.354 e. The Morgan fingerprint density at radius 1 is 1.04 bits per heavy atom. The number of fused-ring (bicyclic) bond motifs is 1. The quantitative estimate of drug-likeness (QED) is 0.871. The van der Waals surface area contributed by atoms with Gasteiger partial charge in [0.05, 0.1) is 12.2 Å². The second-order valence-electron chi connectivity index (χ2n) is 6.12. The molecule has 0 spiro atoms. The minimum Gasteiger partial charge on any atom is -0.354 e. The monoisotopic (exact) mass is 315 g/mol. The lowest BCUT2D eigenvalue weighted by molar-refractivity contribution is 0.239. The number of aryl methyl sites for hydroxylation is 2. The van der Waals surface area contributed by atoms with Gasteiger partial charge in [-0.05, 0) is 6.92 Å². The molecule has 1 fully saturated rings. The maximum Gasteiger partial charge on any atom is 0.223 e. The van der Waals surface area contributed by atoms with E-state index in [4.69, 9.17) is 9.51 Å². The van der Waals surface area contributed by atoms with Crippen molar-refractivity contribution in [2.45, 2.75) is 33.5 Å². The van der Waals surface area contributed by atoms with Crippen LogP contribution >= 0.6 is 0 Å². The number of hydrogen-bond acceptors (Lipinski definition) is 8. The summed E-state index contributed by atoms with van der Waals surface area (Å²) in [6, 6.07) is 0. The summed E-state index contributed by atoms with van der Waals surface area (Å²) in [6.45, 7) is 10.1. The molecule has 0 saturated carbocycles. The molecule has 4 heterocycles. The topological polar surface area (TPSA) is 83.2 Å². The van der Waals surface area contributed by atoms with E-state index >= 15 is 0 Å². The molecule has 2 aromatic heterocycles. The third-order valence-electron chi connectivity index (χ3n) is 4.38. The Bertz CT molecular complexity index is 706. The molecule has 2 aliphatic heterocycles. The van der Waals surface area contributed by atoms with Gasteiger partial charge in [-0.1, -0.05) is 5.16 Å². The Labute approximate surface area is 134 Å². The maximum atomic E-state index is 5.04. The third kappa shape index (κ3) is 2.91. The van der Waals surface area contributed by atoms with Crippen molar-refractivity contribution in [1.82, 2.24) is 30.3 Å². The van der Waals surface area contributed by atoms with Crippen LogP contribution in [0.4, 0.5) is 5.82 Å². The highest BCUT2D eigenvalue weighted by Gasteiger charge is 2.25. The van der Waals surface area contributed by atoms with E-state index in [9.17, 15) is 0 Å². The van der Waals surface area contributed by atoms with Crippen LogP contribution in [0.3, 0.4) is 0 Å². The van der Waals surface area contributed by atoms with Gasteiger partial charge in [-0.2, -0.15) is 4.98 Å². The molecule has 0 radical (unpaired) electrons. The number of nitrogens with one attached hydrogen (secondary N) is 1. The minimum absolute atomic E-state index is 0.623. The van der Waals surface area contributed by atoms with E-state index in [1.54, 1.807) is 0 Å². The summed E-state index contributed by atoms with van der Waals surface area (Å²) in [7, 11) is 0. The first-order valence-corrected chi connectivity index (χ1v) is 8.02. The van der Waals surface area contributed by atoms with Gasteiger partial charge in [-0.25, -0.2) is 9.97 Å². The summed E-state index contributed by atoms with van der Waals surface area (Å²) >= 11 is 0. The average Bonchev–Trinajstić information content (AvgIpc) is 3.16. The first-order valence-electron chi connectivity index (χ1n) is 8.02. The summed E-state index contributed by atoms with van der Waals surface area (Å²) in [5, 5.41) is 7.35. The summed E-state index contributed by atoms with van der Waals surface area (Å²) in [4.78, 5) is 18.2. The Morgan fingerprint density at radius 2 is 1.87 bits per heavy atom. The molecule has 0 aromatic carbocycles. The van der Waals surface area contributed by atoms with Crippen molar-refractivity contribution in [3.8, 4) is 0 Å². The van der Waals surface area contributed by atoms with Crippen molar-refractivity contribution < 1.29 is 4.52 Å². The predicted molar refractivity (Wildman–Crippen MR) is 83.8 cm³/mol. The Hall–Kier alpha value is -2.06. The Morgan fingerprint density at radius 3 is 2.61 bits per heavy atom. The zero-order chi connectivity index (χ0) is 15.8. The molecule has 8 heteroatoms. The van der Waals surface area contributed by atoms with Crippen molar-refractivity contribution >= 4 is 5.82 Å². The second kappa shape index (κ2) is 5.86. The lowest BCUT2D eigenvalue weighted by Crippen LogP contribution is -2.46. The van der Waals surface area contributed by atoms with Gasteiger partial charge < -0.3 is 14.7 Å². The predicted octanol–water partition coefficient (Wildman–Crippen LogP) is 0.402. The summed E-state index contributed by atoms with van der Waals surface area (Å²) in [5.41, 5.74) is 2.41. The lowest BCUT2D eigenvalue weighted by Gasteiger charge is -2.35. The highest BCUT2D eigenvalue weighted by molar-refractivity contribution is 5.51. The van der Waals surface area contributed by atoms with Crippen LogP contribution in [0.1, 0.15) is 28.8 Å². The van der Waals surface area contributed by atoms with Crippen LogP contribution in [0, 0.1) is 13.8 Å². The van der Waals surface area contributed by atoms with Crippen LogP contribution in [0.15, 0.2) is 4.52 Å². The van der Waals surface area contributed by atoms with E-state index in [-0.39, 0.29) is 0 Å². The van der Waals surface area contributed by atoms with Crippen molar-refractivity contribution in [3.05, 3.63) is 28.8 Å². The first kappa shape index (κ1) is 14.5. The molecular weight excluding hydrogens is 294 g/mol. The molecule has 122 valence electrons. The van der Waals surface area contributed by atoms with Gasteiger partial charge in [0.2, 0.25) is 5.89 Å². The van der Waals surface area contributed by atoms with Crippen LogP contribution in [0.2, 0.25) is 0 Å². The van der Waals surface area contributed by atoms with Gasteiger partial charge in [-0.15, -0.1) is 0 Å². The number of anilines is 1. The molecule has 0 unspecified atom stereocenters. The van der Waals surface area contributed by atoms with Crippen LogP contribution in [-0.4, -0.2) is 51.2 Å². The number of hydrogen-bond donors (Lipinski definition) is 1. The van der Waals surface area contributed by atoms with Crippen LogP contribution < -0.4 is 10.2 Å². The number of piperazine rings is 1. The van der Waals surface area contributed by atoms with Crippen molar-refractivity contribution in [2.24, 2.45) is 0 Å². The van der Waals surface area contributed by atoms with Crippen molar-refractivity contribution in [1.29, 1.82) is 0 Å². The van der Waals surface area contributed by atoms with Gasteiger partial charge in [-0.3, -0.25) is 4.90 Å². The third-order valence-corrected chi connectivity index (χ3v) is 4.38. The normalized spacial score (nSPS) is 18.4. The number of rotatable bonds is 3. The molecule has 0 bridgehead atoms. The van der Waals surface area contributed by atoms with Crippen molar-refractivity contribution in [2.75, 3.05) is 31.1 Å². The van der Waals surface area contributed by atoms with Crippen LogP contribution in [-0.2, 0) is 19.6 Å². The van der Waals surface area contributed by atoms with E-state index in [1.807, 2.05) is 13.8 Å². The van der Waals surface area contributed by atoms with Crippen LogP contribution in [0.25, 0.3) is 0 Å². The standard InChI is InChI=1S/C15H21N7O/c1-10-17-13-8-16-7-12(13)15(18-10)22-5-3-21(4-6-22)9-14-19-11(2)23-20-14/h16H,3-9H2,1-2H3. The van der Waals surface area contributed by atoms with E-state index in [0.29, 0.717) is 5.89 Å². The molecule has 2 aliphatic rings. The lowest BCUT2D eigenvalue weighted by atomic mass is 10.2. The molecule has 2 aromatic rings. The zero-order valence-electron chi connectivity index (χ0n) is 13.5. The highest BCUT2D eigenvalue weighted by Crippen LogP contribution is 2.25. The summed E-state index contributed by atoms with van der Waals surface area (Å²) in [6.07, 6.45) is 0. The summed E-state index contributed by atoms with van der Waals surface area (Å²) < 4.78 is 5.04. The van der Waals surface area contributed by atoms with Gasteiger partial charge >= 0.3 is 0 Å². The molecule has 0 aliphatic carbocycles. The average molecular weight is 315 g/mol. The Kier molecular flexibility index (Phi) is 3.70. The first-order chi connectivity index (χ1) is 11.2. The van der Waals surface area contributed by atoms with E-state index in [1.165, 1.54) is 5.56 Å². The number of nitrogens with zero attached hydrogens (tertiary/aromatic N) is 6. The molecule has 1 saturated heterocycles.